The van der Waals surface area contributed by atoms with Crippen LogP contribution in [0.5, 0.6) is 0 Å². The van der Waals surface area contributed by atoms with Crippen molar-refractivity contribution in [2.75, 3.05) is 18.7 Å². The first-order valence-corrected chi connectivity index (χ1v) is 4.65. The minimum atomic E-state index is -3.24. The predicted octanol–water partition coefficient (Wildman–Crippen LogP) is -0.639. The number of hydrogen-bond donors (Lipinski definition) is 1. The van der Waals surface area contributed by atoms with Crippen molar-refractivity contribution in [3.05, 3.63) is 0 Å². The van der Waals surface area contributed by atoms with Gasteiger partial charge in [-0.3, -0.25) is 5.84 Å². The topological polar surface area (TPSA) is 63.4 Å². The van der Waals surface area contributed by atoms with E-state index in [1.165, 1.54) is 0 Å². The number of halogens is 1. The first kappa shape index (κ1) is 9.16. The highest BCUT2D eigenvalue weighted by Crippen LogP contribution is 1.88. The molecule has 0 spiro atoms. The van der Waals surface area contributed by atoms with Crippen LogP contribution in [-0.4, -0.2) is 31.5 Å². The lowest BCUT2D eigenvalue weighted by molar-refractivity contribution is 0.451. The molecule has 0 amide bonds. The summed E-state index contributed by atoms with van der Waals surface area (Å²) in [5.74, 6) is 5.23. The van der Waals surface area contributed by atoms with Crippen LogP contribution < -0.4 is 5.84 Å². The maximum Gasteiger partial charge on any atom is 0.223 e. The number of rotatable bonds is 3. The molecular formula is C3H9ClN2O2S. The van der Waals surface area contributed by atoms with E-state index < -0.39 is 10.0 Å². The fourth-order valence-corrected chi connectivity index (χ4v) is 0.954. The van der Waals surface area contributed by atoms with E-state index in [0.29, 0.717) is 4.41 Å². The Kier molecular flexibility index (Phi) is 3.42. The van der Waals surface area contributed by atoms with Crippen LogP contribution in [0.3, 0.4) is 0 Å². The van der Waals surface area contributed by atoms with E-state index in [0.717, 1.165) is 6.26 Å². The lowest BCUT2D eigenvalue weighted by Gasteiger charge is -2.09. The van der Waals surface area contributed by atoms with Crippen molar-refractivity contribution in [1.29, 1.82) is 0 Å². The second kappa shape index (κ2) is 3.36. The fourth-order valence-electron chi connectivity index (χ4n) is 0.249. The zero-order chi connectivity index (χ0) is 7.49. The molecule has 0 saturated heterocycles. The highest BCUT2D eigenvalue weighted by atomic mass is 35.5. The third-order valence-corrected chi connectivity index (χ3v) is 1.93. The van der Waals surface area contributed by atoms with Gasteiger partial charge < -0.3 is 0 Å². The van der Waals surface area contributed by atoms with E-state index in [-0.39, 0.29) is 12.4 Å². The molecule has 6 heteroatoms. The standard InChI is InChI=1S/C3H9ClN2O2S/c1-9(7,8)6(5)3-2-4/h2-3,5H2,1H3. The van der Waals surface area contributed by atoms with Crippen LogP contribution in [0.2, 0.25) is 0 Å². The first-order valence-electron chi connectivity index (χ1n) is 2.27. The zero-order valence-electron chi connectivity index (χ0n) is 5.04. The van der Waals surface area contributed by atoms with Crippen molar-refractivity contribution >= 4 is 21.6 Å². The molecule has 0 aromatic rings. The molecule has 0 bridgehead atoms. The minimum absolute atomic E-state index is 0.153. The summed E-state index contributed by atoms with van der Waals surface area (Å²) in [6.07, 6.45) is 1.03. The summed E-state index contributed by atoms with van der Waals surface area (Å²) in [6, 6.07) is 0. The summed E-state index contributed by atoms with van der Waals surface area (Å²) in [7, 11) is -3.24. The first-order chi connectivity index (χ1) is 3.98. The third-order valence-electron chi connectivity index (χ3n) is 0.731. The van der Waals surface area contributed by atoms with Crippen molar-refractivity contribution in [1.82, 2.24) is 4.41 Å². The van der Waals surface area contributed by atoms with Crippen LogP contribution in [0.4, 0.5) is 0 Å². The Balaban J connectivity index is 3.90. The van der Waals surface area contributed by atoms with Gasteiger partial charge in [-0.2, -0.15) is 0 Å². The molecule has 0 saturated carbocycles. The lowest BCUT2D eigenvalue weighted by Crippen LogP contribution is -2.37. The van der Waals surface area contributed by atoms with E-state index in [2.05, 4.69) is 0 Å². The summed E-state index contributed by atoms with van der Waals surface area (Å²) in [6.45, 7) is 0.153. The second-order valence-electron chi connectivity index (χ2n) is 1.56. The van der Waals surface area contributed by atoms with Gasteiger partial charge >= 0.3 is 0 Å². The molecule has 0 aliphatic heterocycles. The van der Waals surface area contributed by atoms with Crippen molar-refractivity contribution in [2.45, 2.75) is 0 Å². The summed E-state index contributed by atoms with van der Waals surface area (Å²) < 4.78 is 21.6. The van der Waals surface area contributed by atoms with Gasteiger partial charge in [-0.1, -0.05) is 0 Å². The Hall–Kier alpha value is 0.160. The summed E-state index contributed by atoms with van der Waals surface area (Å²) in [5.41, 5.74) is 0. The molecule has 0 heterocycles. The van der Waals surface area contributed by atoms with Crippen molar-refractivity contribution in [3.63, 3.8) is 0 Å². The Labute approximate surface area is 59.6 Å². The van der Waals surface area contributed by atoms with Gasteiger partial charge in [0.1, 0.15) is 0 Å². The van der Waals surface area contributed by atoms with Crippen LogP contribution in [-0.2, 0) is 10.0 Å². The van der Waals surface area contributed by atoms with E-state index in [1.54, 1.807) is 0 Å². The Bertz CT molecular complexity index is 167. The summed E-state index contributed by atoms with van der Waals surface area (Å²) in [5, 5.41) is 0. The van der Waals surface area contributed by atoms with Gasteiger partial charge in [-0.05, 0) is 0 Å². The molecular weight excluding hydrogens is 164 g/mol. The Morgan fingerprint density at radius 3 is 2.22 bits per heavy atom. The largest absolute Gasteiger partial charge is 0.255 e. The maximum absolute atomic E-state index is 10.5. The highest BCUT2D eigenvalue weighted by Gasteiger charge is 2.08. The number of hydrogen-bond acceptors (Lipinski definition) is 3. The molecule has 2 N–H and O–H groups in total. The molecule has 0 unspecified atom stereocenters. The highest BCUT2D eigenvalue weighted by molar-refractivity contribution is 7.88. The quantitative estimate of drug-likeness (QED) is 0.350. The maximum atomic E-state index is 10.5. The van der Waals surface area contributed by atoms with Gasteiger partial charge in [-0.25, -0.2) is 8.42 Å². The number of alkyl halides is 1. The Morgan fingerprint density at radius 2 is 2.11 bits per heavy atom. The fraction of sp³-hybridized carbons (Fsp3) is 1.00. The summed E-state index contributed by atoms with van der Waals surface area (Å²) in [4.78, 5) is 0. The van der Waals surface area contributed by atoms with E-state index in [4.69, 9.17) is 17.4 Å². The number of nitrogens with two attached hydrogens (primary N) is 1. The molecule has 0 aliphatic rings. The molecule has 0 fully saturated rings. The molecule has 0 aromatic carbocycles. The lowest BCUT2D eigenvalue weighted by atomic mass is 10.8. The van der Waals surface area contributed by atoms with Crippen LogP contribution in [0.25, 0.3) is 0 Å². The van der Waals surface area contributed by atoms with Crippen LogP contribution in [0, 0.1) is 0 Å². The zero-order valence-corrected chi connectivity index (χ0v) is 6.61. The van der Waals surface area contributed by atoms with E-state index in [9.17, 15) is 8.42 Å². The van der Waals surface area contributed by atoms with Gasteiger partial charge in [-0.15, -0.1) is 16.0 Å². The molecule has 0 rings (SSSR count). The second-order valence-corrected chi connectivity index (χ2v) is 3.88. The van der Waals surface area contributed by atoms with E-state index in [1.807, 2.05) is 0 Å². The van der Waals surface area contributed by atoms with Gasteiger partial charge in [0.25, 0.3) is 0 Å². The van der Waals surface area contributed by atoms with Crippen LogP contribution in [0.15, 0.2) is 0 Å². The predicted molar refractivity (Wildman–Crippen MR) is 36.5 cm³/mol. The van der Waals surface area contributed by atoms with Gasteiger partial charge in [0, 0.05) is 12.4 Å². The summed E-state index contributed by atoms with van der Waals surface area (Å²) >= 11 is 5.22. The average molecular weight is 173 g/mol. The van der Waals surface area contributed by atoms with Gasteiger partial charge in [0.05, 0.1) is 6.26 Å². The monoisotopic (exact) mass is 172 g/mol. The van der Waals surface area contributed by atoms with Crippen LogP contribution >= 0.6 is 11.6 Å². The Morgan fingerprint density at radius 1 is 1.67 bits per heavy atom. The normalized spacial score (nSPS) is 12.4. The molecule has 0 radical (unpaired) electrons. The molecule has 0 aliphatic carbocycles. The smallest absolute Gasteiger partial charge is 0.223 e. The van der Waals surface area contributed by atoms with Crippen molar-refractivity contribution in [3.8, 4) is 0 Å². The molecule has 0 atom stereocenters. The SMILES string of the molecule is CS(=O)(=O)N(N)CCCl. The number of hydrazine groups is 1. The van der Waals surface area contributed by atoms with Crippen LogP contribution in [0.1, 0.15) is 0 Å². The van der Waals surface area contributed by atoms with E-state index >= 15 is 0 Å². The van der Waals surface area contributed by atoms with Gasteiger partial charge in [0.15, 0.2) is 0 Å². The number of sulfonamides is 1. The third kappa shape index (κ3) is 3.69. The molecule has 4 nitrogen and oxygen atoms in total. The van der Waals surface area contributed by atoms with Gasteiger partial charge in [0.2, 0.25) is 10.0 Å². The van der Waals surface area contributed by atoms with Crippen molar-refractivity contribution in [2.24, 2.45) is 5.84 Å². The molecule has 0 aromatic heterocycles. The van der Waals surface area contributed by atoms with Crippen molar-refractivity contribution < 1.29 is 8.42 Å². The molecule has 9 heavy (non-hydrogen) atoms. The number of nitrogens with zero attached hydrogens (tertiary/aromatic N) is 1. The molecule has 56 valence electrons. The minimum Gasteiger partial charge on any atom is -0.255 e. The average Bonchev–Trinajstić information content (AvgIpc) is 1.64.